The first kappa shape index (κ1) is 19.6. The van der Waals surface area contributed by atoms with Crippen molar-refractivity contribution in [3.8, 4) is 11.5 Å². The average Bonchev–Trinajstić information content (AvgIpc) is 2.60. The third kappa shape index (κ3) is 7.06. The Morgan fingerprint density at radius 1 is 1.19 bits per heavy atom. The van der Waals surface area contributed by atoms with Gasteiger partial charge in [-0.25, -0.2) is 0 Å². The van der Waals surface area contributed by atoms with E-state index < -0.39 is 12.8 Å². The average molecular weight is 383 g/mol. The van der Waals surface area contributed by atoms with Crippen LogP contribution in [0.25, 0.3) is 0 Å². The number of nitrogens with two attached hydrogens (primary N) is 1. The van der Waals surface area contributed by atoms with Crippen LogP contribution in [-0.4, -0.2) is 29.3 Å². The Morgan fingerprint density at radius 2 is 1.92 bits per heavy atom. The van der Waals surface area contributed by atoms with Gasteiger partial charge in [0.15, 0.2) is 11.8 Å². The molecule has 0 aliphatic rings. The van der Waals surface area contributed by atoms with Crippen molar-refractivity contribution < 1.29 is 23.0 Å². The van der Waals surface area contributed by atoms with Gasteiger partial charge in [-0.2, -0.15) is 18.3 Å². The summed E-state index contributed by atoms with van der Waals surface area (Å²) in [6, 6.07) is 13.4. The van der Waals surface area contributed by atoms with Gasteiger partial charge in [0.2, 0.25) is 0 Å². The van der Waals surface area contributed by atoms with Gasteiger partial charge in [0.05, 0.1) is 6.21 Å². The second-order valence-electron chi connectivity index (χ2n) is 5.08. The SMILES string of the molecule is NC(=NN=Cc1ccc(OCC(F)(F)F)cc1O)SCc1ccccc1. The summed E-state index contributed by atoms with van der Waals surface area (Å²) >= 11 is 1.31. The van der Waals surface area contributed by atoms with Crippen LogP contribution in [0.4, 0.5) is 13.2 Å². The zero-order valence-electron chi connectivity index (χ0n) is 13.5. The van der Waals surface area contributed by atoms with Crippen LogP contribution in [0.15, 0.2) is 58.7 Å². The molecule has 0 heterocycles. The highest BCUT2D eigenvalue weighted by Gasteiger charge is 2.28. The van der Waals surface area contributed by atoms with Gasteiger partial charge in [-0.05, 0) is 17.7 Å². The van der Waals surface area contributed by atoms with Crippen molar-refractivity contribution in [1.29, 1.82) is 0 Å². The van der Waals surface area contributed by atoms with E-state index in [1.165, 1.54) is 30.1 Å². The number of aromatic hydroxyl groups is 1. The monoisotopic (exact) mass is 383 g/mol. The maximum atomic E-state index is 12.1. The van der Waals surface area contributed by atoms with Crippen LogP contribution < -0.4 is 10.5 Å². The summed E-state index contributed by atoms with van der Waals surface area (Å²) < 4.78 is 40.8. The molecule has 0 spiro atoms. The number of alkyl halides is 3. The van der Waals surface area contributed by atoms with E-state index >= 15 is 0 Å². The molecule has 0 radical (unpaired) electrons. The van der Waals surface area contributed by atoms with E-state index in [4.69, 9.17) is 5.73 Å². The Morgan fingerprint density at radius 3 is 2.58 bits per heavy atom. The van der Waals surface area contributed by atoms with E-state index in [0.717, 1.165) is 11.6 Å². The predicted molar refractivity (Wildman–Crippen MR) is 96.6 cm³/mol. The van der Waals surface area contributed by atoms with E-state index in [9.17, 15) is 18.3 Å². The van der Waals surface area contributed by atoms with Crippen LogP contribution in [-0.2, 0) is 5.75 Å². The fourth-order valence-electron chi connectivity index (χ4n) is 1.80. The second-order valence-corrected chi connectivity index (χ2v) is 6.08. The third-order valence-electron chi connectivity index (χ3n) is 2.99. The lowest BCUT2D eigenvalue weighted by molar-refractivity contribution is -0.153. The van der Waals surface area contributed by atoms with E-state index in [0.29, 0.717) is 5.75 Å². The maximum Gasteiger partial charge on any atom is 0.422 e. The lowest BCUT2D eigenvalue weighted by atomic mass is 10.2. The van der Waals surface area contributed by atoms with Gasteiger partial charge in [0, 0.05) is 17.4 Å². The summed E-state index contributed by atoms with van der Waals surface area (Å²) in [4.78, 5) is 0. The minimum Gasteiger partial charge on any atom is -0.507 e. The van der Waals surface area contributed by atoms with Crippen molar-refractivity contribution in [2.75, 3.05) is 6.61 Å². The van der Waals surface area contributed by atoms with Crippen molar-refractivity contribution >= 4 is 23.1 Å². The number of hydrogen-bond acceptors (Lipinski definition) is 5. The van der Waals surface area contributed by atoms with Gasteiger partial charge < -0.3 is 15.6 Å². The molecule has 5 nitrogen and oxygen atoms in total. The van der Waals surface area contributed by atoms with E-state index in [1.807, 2.05) is 30.3 Å². The summed E-state index contributed by atoms with van der Waals surface area (Å²) in [7, 11) is 0. The van der Waals surface area contributed by atoms with Gasteiger partial charge in [-0.15, -0.1) is 5.10 Å². The quantitative estimate of drug-likeness (QED) is 0.450. The number of halogens is 3. The number of rotatable bonds is 6. The largest absolute Gasteiger partial charge is 0.507 e. The van der Waals surface area contributed by atoms with Crippen LogP contribution in [0.3, 0.4) is 0 Å². The fourth-order valence-corrected chi connectivity index (χ4v) is 2.41. The van der Waals surface area contributed by atoms with Crippen LogP contribution in [0.5, 0.6) is 11.5 Å². The topological polar surface area (TPSA) is 80.2 Å². The second kappa shape index (κ2) is 9.14. The molecule has 0 unspecified atom stereocenters. The molecule has 26 heavy (non-hydrogen) atoms. The number of benzene rings is 2. The number of hydrogen-bond donors (Lipinski definition) is 2. The number of amidine groups is 1. The van der Waals surface area contributed by atoms with Crippen LogP contribution in [0.2, 0.25) is 0 Å². The van der Waals surface area contributed by atoms with Crippen LogP contribution in [0.1, 0.15) is 11.1 Å². The number of phenols is 1. The van der Waals surface area contributed by atoms with Gasteiger partial charge in [-0.3, -0.25) is 0 Å². The van der Waals surface area contributed by atoms with Crippen molar-refractivity contribution in [1.82, 2.24) is 0 Å². The van der Waals surface area contributed by atoms with Gasteiger partial charge >= 0.3 is 6.18 Å². The number of phenolic OH excluding ortho intramolecular Hbond substituents is 1. The lowest BCUT2D eigenvalue weighted by Crippen LogP contribution is -2.19. The molecular formula is C17H16F3N3O2S. The highest BCUT2D eigenvalue weighted by atomic mass is 32.2. The molecule has 138 valence electrons. The Balaban J connectivity index is 1.90. The molecule has 3 N–H and O–H groups in total. The first-order chi connectivity index (χ1) is 12.3. The standard InChI is InChI=1S/C17H16F3N3O2S/c18-17(19,20)11-25-14-7-6-13(15(24)8-14)9-22-23-16(21)26-10-12-4-2-1-3-5-12/h1-9,24H,10-11H2,(H2,21,23). The molecule has 2 aromatic carbocycles. The Kier molecular flexibility index (Phi) is 6.90. The molecule has 0 saturated carbocycles. The molecular weight excluding hydrogens is 367 g/mol. The number of nitrogens with zero attached hydrogens (tertiary/aromatic N) is 2. The molecule has 0 atom stereocenters. The van der Waals surface area contributed by atoms with E-state index in [2.05, 4.69) is 14.9 Å². The third-order valence-corrected chi connectivity index (χ3v) is 3.84. The minimum absolute atomic E-state index is 0.0987. The first-order valence-corrected chi connectivity index (χ1v) is 8.38. The lowest BCUT2D eigenvalue weighted by Gasteiger charge is -2.09. The molecule has 2 rings (SSSR count). The summed E-state index contributed by atoms with van der Waals surface area (Å²) in [5.41, 5.74) is 7.10. The predicted octanol–water partition coefficient (Wildman–Crippen LogP) is 3.92. The molecule has 0 aliphatic heterocycles. The first-order valence-electron chi connectivity index (χ1n) is 7.39. The summed E-state index contributed by atoms with van der Waals surface area (Å²) in [6.45, 7) is -1.43. The number of thioether (sulfide) groups is 1. The highest BCUT2D eigenvalue weighted by Crippen LogP contribution is 2.24. The zero-order valence-corrected chi connectivity index (χ0v) is 14.3. The molecule has 0 saturated heterocycles. The number of ether oxygens (including phenoxy) is 1. The molecule has 0 bridgehead atoms. The molecule has 0 amide bonds. The molecule has 9 heteroatoms. The van der Waals surface area contributed by atoms with E-state index in [-0.39, 0.29) is 22.2 Å². The van der Waals surface area contributed by atoms with E-state index in [1.54, 1.807) is 0 Å². The highest BCUT2D eigenvalue weighted by molar-refractivity contribution is 8.13. The molecule has 0 aliphatic carbocycles. The maximum absolute atomic E-state index is 12.1. The summed E-state index contributed by atoms with van der Waals surface area (Å²) in [6.07, 6.45) is -3.20. The Labute approximate surface area is 152 Å². The van der Waals surface area contributed by atoms with Crippen molar-refractivity contribution in [3.63, 3.8) is 0 Å². The van der Waals surface area contributed by atoms with Gasteiger partial charge in [0.1, 0.15) is 11.5 Å². The zero-order chi connectivity index (χ0) is 19.0. The Bertz CT molecular complexity index is 781. The summed E-state index contributed by atoms with van der Waals surface area (Å²) in [5, 5.41) is 17.6. The van der Waals surface area contributed by atoms with Crippen LogP contribution in [0, 0.1) is 0 Å². The van der Waals surface area contributed by atoms with Crippen molar-refractivity contribution in [3.05, 3.63) is 59.7 Å². The van der Waals surface area contributed by atoms with Crippen LogP contribution >= 0.6 is 11.8 Å². The Hall–Kier alpha value is -2.68. The summed E-state index contributed by atoms with van der Waals surface area (Å²) in [5.74, 6) is 0.264. The fraction of sp³-hybridized carbons (Fsp3) is 0.176. The van der Waals surface area contributed by atoms with Crippen molar-refractivity contribution in [2.24, 2.45) is 15.9 Å². The minimum atomic E-state index is -4.45. The molecule has 2 aromatic rings. The smallest absolute Gasteiger partial charge is 0.422 e. The van der Waals surface area contributed by atoms with Gasteiger partial charge in [0.25, 0.3) is 0 Å². The molecule has 0 aromatic heterocycles. The molecule has 0 fully saturated rings. The normalized spacial score (nSPS) is 12.5. The van der Waals surface area contributed by atoms with Crippen molar-refractivity contribution in [2.45, 2.75) is 11.9 Å². The van der Waals surface area contributed by atoms with Gasteiger partial charge in [-0.1, -0.05) is 42.1 Å².